The molecule has 2 aliphatic rings. The quantitative estimate of drug-likeness (QED) is 0.684. The predicted octanol–water partition coefficient (Wildman–Crippen LogP) is 0.0989. The highest BCUT2D eigenvalue weighted by molar-refractivity contribution is 5.91. The second-order valence-electron chi connectivity index (χ2n) is 6.11. The number of nitrogens with one attached hydrogen (secondary N) is 2. The molecular formula is C15H25N3O4. The lowest BCUT2D eigenvalue weighted by Gasteiger charge is -2.35. The smallest absolute Gasteiger partial charge is 0.326 e. The number of carboxylic acid groups (broad SMARTS) is 1. The standard InChI is InChI=1S/C15H25N3O4/c1-10(17-13(19)11-6-2-4-8-16-11)14(20)18-9-5-3-7-12(18)15(21)22/h10-12,16H,2-9H2,1H3,(H,17,19)(H,21,22)/t10-,11-,12-/m0/s1. The van der Waals surface area contributed by atoms with Crippen LogP contribution in [0.4, 0.5) is 0 Å². The topological polar surface area (TPSA) is 98.7 Å². The Morgan fingerprint density at radius 3 is 2.55 bits per heavy atom. The molecule has 3 atom stereocenters. The Labute approximate surface area is 130 Å². The minimum absolute atomic E-state index is 0.176. The molecule has 2 aliphatic heterocycles. The van der Waals surface area contributed by atoms with E-state index >= 15 is 0 Å². The number of amides is 2. The van der Waals surface area contributed by atoms with Gasteiger partial charge < -0.3 is 20.6 Å². The molecule has 2 rings (SSSR count). The fourth-order valence-corrected chi connectivity index (χ4v) is 3.15. The zero-order valence-electron chi connectivity index (χ0n) is 13.0. The first kappa shape index (κ1) is 16.7. The first-order valence-electron chi connectivity index (χ1n) is 8.07. The van der Waals surface area contributed by atoms with Crippen molar-refractivity contribution in [2.24, 2.45) is 0 Å². The molecule has 7 nitrogen and oxygen atoms in total. The monoisotopic (exact) mass is 311 g/mol. The van der Waals surface area contributed by atoms with Gasteiger partial charge in [-0.05, 0) is 45.6 Å². The molecule has 0 radical (unpaired) electrons. The molecule has 0 aromatic carbocycles. The molecule has 2 saturated heterocycles. The van der Waals surface area contributed by atoms with Gasteiger partial charge in [-0.1, -0.05) is 6.42 Å². The van der Waals surface area contributed by atoms with Gasteiger partial charge in [0.1, 0.15) is 12.1 Å². The summed E-state index contributed by atoms with van der Waals surface area (Å²) in [5, 5.41) is 15.1. The number of hydrogen-bond acceptors (Lipinski definition) is 4. The van der Waals surface area contributed by atoms with E-state index in [2.05, 4.69) is 10.6 Å². The van der Waals surface area contributed by atoms with E-state index in [1.807, 2.05) is 0 Å². The highest BCUT2D eigenvalue weighted by atomic mass is 16.4. The number of nitrogens with zero attached hydrogens (tertiary/aromatic N) is 1. The van der Waals surface area contributed by atoms with Gasteiger partial charge in [-0.3, -0.25) is 9.59 Å². The van der Waals surface area contributed by atoms with Crippen LogP contribution in [0.5, 0.6) is 0 Å². The van der Waals surface area contributed by atoms with Gasteiger partial charge in [0.15, 0.2) is 0 Å². The van der Waals surface area contributed by atoms with Crippen molar-refractivity contribution in [1.29, 1.82) is 0 Å². The summed E-state index contributed by atoms with van der Waals surface area (Å²) < 4.78 is 0. The fourth-order valence-electron chi connectivity index (χ4n) is 3.15. The van der Waals surface area contributed by atoms with Gasteiger partial charge >= 0.3 is 5.97 Å². The zero-order valence-corrected chi connectivity index (χ0v) is 13.0. The lowest BCUT2D eigenvalue weighted by molar-refractivity contribution is -0.153. The summed E-state index contributed by atoms with van der Waals surface area (Å²) >= 11 is 0. The Morgan fingerprint density at radius 1 is 1.18 bits per heavy atom. The van der Waals surface area contributed by atoms with Crippen LogP contribution < -0.4 is 10.6 Å². The van der Waals surface area contributed by atoms with Gasteiger partial charge in [-0.2, -0.15) is 0 Å². The third-order valence-corrected chi connectivity index (χ3v) is 4.43. The number of likely N-dealkylation sites (tertiary alicyclic amines) is 1. The normalized spacial score (nSPS) is 27.0. The van der Waals surface area contributed by atoms with E-state index in [9.17, 15) is 19.5 Å². The van der Waals surface area contributed by atoms with Crippen LogP contribution in [0.3, 0.4) is 0 Å². The van der Waals surface area contributed by atoms with Crippen LogP contribution >= 0.6 is 0 Å². The number of rotatable bonds is 4. The molecule has 3 N–H and O–H groups in total. The van der Waals surface area contributed by atoms with Crippen LogP contribution in [-0.2, 0) is 14.4 Å². The minimum atomic E-state index is -0.972. The SMILES string of the molecule is C[C@H](NC(=O)[C@@H]1CCCCN1)C(=O)N1CCCC[C@H]1C(=O)O. The van der Waals surface area contributed by atoms with E-state index in [-0.39, 0.29) is 17.9 Å². The highest BCUT2D eigenvalue weighted by Gasteiger charge is 2.35. The molecule has 124 valence electrons. The third kappa shape index (κ3) is 3.97. The maximum atomic E-state index is 12.5. The summed E-state index contributed by atoms with van der Waals surface area (Å²) in [6.45, 7) is 2.88. The van der Waals surface area contributed by atoms with Crippen molar-refractivity contribution >= 4 is 17.8 Å². The summed E-state index contributed by atoms with van der Waals surface area (Å²) in [7, 11) is 0. The number of hydrogen-bond donors (Lipinski definition) is 3. The van der Waals surface area contributed by atoms with Gasteiger partial charge in [-0.25, -0.2) is 4.79 Å². The Balaban J connectivity index is 1.92. The van der Waals surface area contributed by atoms with Gasteiger partial charge in [0.25, 0.3) is 0 Å². The Kier molecular flexibility index (Phi) is 5.76. The van der Waals surface area contributed by atoms with Gasteiger partial charge in [0, 0.05) is 6.54 Å². The van der Waals surface area contributed by atoms with Crippen molar-refractivity contribution in [3.05, 3.63) is 0 Å². The van der Waals surface area contributed by atoms with Crippen molar-refractivity contribution in [3.8, 4) is 0 Å². The molecule has 0 unspecified atom stereocenters. The molecular weight excluding hydrogens is 286 g/mol. The summed E-state index contributed by atoms with van der Waals surface area (Å²) in [6, 6.07) is -1.72. The maximum absolute atomic E-state index is 12.5. The van der Waals surface area contributed by atoms with Crippen molar-refractivity contribution in [1.82, 2.24) is 15.5 Å². The summed E-state index contributed by atoms with van der Waals surface area (Å²) in [6.07, 6.45) is 4.93. The van der Waals surface area contributed by atoms with Gasteiger partial charge in [0.05, 0.1) is 6.04 Å². The number of aliphatic carboxylic acids is 1. The highest BCUT2D eigenvalue weighted by Crippen LogP contribution is 2.18. The Bertz CT molecular complexity index is 435. The summed E-state index contributed by atoms with van der Waals surface area (Å²) in [5.74, 6) is -1.46. The molecule has 2 heterocycles. The van der Waals surface area contributed by atoms with Crippen LogP contribution in [0.1, 0.15) is 45.4 Å². The molecule has 0 aromatic rings. The maximum Gasteiger partial charge on any atom is 0.326 e. The van der Waals surface area contributed by atoms with Crippen LogP contribution in [0.2, 0.25) is 0 Å². The van der Waals surface area contributed by atoms with Crippen molar-refractivity contribution in [3.63, 3.8) is 0 Å². The van der Waals surface area contributed by atoms with E-state index < -0.39 is 18.1 Å². The third-order valence-electron chi connectivity index (χ3n) is 4.43. The Morgan fingerprint density at radius 2 is 1.91 bits per heavy atom. The number of carbonyl (C=O) groups excluding carboxylic acids is 2. The molecule has 2 amide bonds. The average molecular weight is 311 g/mol. The first-order chi connectivity index (χ1) is 10.5. The molecule has 0 aromatic heterocycles. The minimum Gasteiger partial charge on any atom is -0.480 e. The molecule has 22 heavy (non-hydrogen) atoms. The lowest BCUT2D eigenvalue weighted by atomic mass is 10.0. The van der Waals surface area contributed by atoms with Crippen molar-refractivity contribution in [2.45, 2.75) is 63.6 Å². The van der Waals surface area contributed by atoms with E-state index in [0.717, 1.165) is 38.6 Å². The number of carbonyl (C=O) groups is 3. The van der Waals surface area contributed by atoms with Crippen molar-refractivity contribution in [2.75, 3.05) is 13.1 Å². The molecule has 0 spiro atoms. The van der Waals surface area contributed by atoms with Crippen LogP contribution in [0.25, 0.3) is 0 Å². The second kappa shape index (κ2) is 7.58. The molecule has 2 fully saturated rings. The molecule has 7 heteroatoms. The summed E-state index contributed by atoms with van der Waals surface area (Å²) in [4.78, 5) is 37.3. The largest absolute Gasteiger partial charge is 0.480 e. The van der Waals surface area contributed by atoms with Crippen LogP contribution in [-0.4, -0.2) is 59.0 Å². The van der Waals surface area contributed by atoms with E-state index in [0.29, 0.717) is 13.0 Å². The van der Waals surface area contributed by atoms with E-state index in [1.54, 1.807) is 6.92 Å². The average Bonchev–Trinajstić information content (AvgIpc) is 2.54. The zero-order chi connectivity index (χ0) is 16.1. The molecule has 0 aliphatic carbocycles. The number of carboxylic acids is 1. The Hall–Kier alpha value is -1.63. The summed E-state index contributed by atoms with van der Waals surface area (Å²) in [5.41, 5.74) is 0. The first-order valence-corrected chi connectivity index (χ1v) is 8.07. The molecule has 0 saturated carbocycles. The van der Waals surface area contributed by atoms with Gasteiger partial charge in [0.2, 0.25) is 11.8 Å². The predicted molar refractivity (Wildman–Crippen MR) is 80.2 cm³/mol. The molecule has 0 bridgehead atoms. The van der Waals surface area contributed by atoms with Crippen LogP contribution in [0.15, 0.2) is 0 Å². The second-order valence-corrected chi connectivity index (χ2v) is 6.11. The fraction of sp³-hybridized carbons (Fsp3) is 0.800. The van der Waals surface area contributed by atoms with E-state index in [1.165, 1.54) is 4.90 Å². The van der Waals surface area contributed by atoms with Crippen LogP contribution in [0, 0.1) is 0 Å². The van der Waals surface area contributed by atoms with Gasteiger partial charge in [-0.15, -0.1) is 0 Å². The number of piperidine rings is 2. The van der Waals surface area contributed by atoms with Crippen molar-refractivity contribution < 1.29 is 19.5 Å². The lowest BCUT2D eigenvalue weighted by Crippen LogP contribution is -2.57. The van der Waals surface area contributed by atoms with E-state index in [4.69, 9.17) is 0 Å².